The smallest absolute Gasteiger partial charge is 0.0572 e. The highest BCUT2D eigenvalue weighted by Gasteiger charge is 2.12. The quantitative estimate of drug-likeness (QED) is 0.773. The van der Waals surface area contributed by atoms with Crippen LogP contribution in [0.3, 0.4) is 0 Å². The van der Waals surface area contributed by atoms with Crippen molar-refractivity contribution >= 4 is 5.69 Å². The van der Waals surface area contributed by atoms with E-state index in [-0.39, 0.29) is 6.04 Å². The van der Waals surface area contributed by atoms with E-state index >= 15 is 0 Å². The molecule has 2 aromatic carbocycles. The standard InChI is InChI=1S/C15H18N2/c1-10-8-13(14(16)9-11(10)2)15(17)12-6-4-3-5-7-12/h3-9,15H,16-17H2,1-2H3. The molecule has 0 aliphatic carbocycles. The maximum atomic E-state index is 6.26. The molecule has 0 amide bonds. The highest BCUT2D eigenvalue weighted by molar-refractivity contribution is 5.55. The molecule has 1 unspecified atom stereocenters. The Hall–Kier alpha value is -1.80. The number of nitrogen functional groups attached to an aromatic ring is 1. The molecular formula is C15H18N2. The van der Waals surface area contributed by atoms with Gasteiger partial charge in [0, 0.05) is 5.69 Å². The van der Waals surface area contributed by atoms with Crippen LogP contribution in [0.4, 0.5) is 5.69 Å². The summed E-state index contributed by atoms with van der Waals surface area (Å²) in [4.78, 5) is 0. The predicted octanol–water partition coefficient (Wildman–Crippen LogP) is 2.93. The molecule has 2 aromatic rings. The Labute approximate surface area is 102 Å². The van der Waals surface area contributed by atoms with Gasteiger partial charge in [0.25, 0.3) is 0 Å². The molecule has 0 radical (unpaired) electrons. The van der Waals surface area contributed by atoms with Crippen LogP contribution in [0, 0.1) is 13.8 Å². The van der Waals surface area contributed by atoms with Gasteiger partial charge < -0.3 is 11.5 Å². The van der Waals surface area contributed by atoms with E-state index in [0.29, 0.717) is 0 Å². The maximum absolute atomic E-state index is 6.26. The molecule has 1 atom stereocenters. The van der Waals surface area contributed by atoms with Gasteiger partial charge in [0.15, 0.2) is 0 Å². The average molecular weight is 226 g/mol. The minimum atomic E-state index is -0.157. The zero-order valence-corrected chi connectivity index (χ0v) is 10.3. The summed E-state index contributed by atoms with van der Waals surface area (Å²) in [7, 11) is 0. The van der Waals surface area contributed by atoms with Crippen LogP contribution in [0.2, 0.25) is 0 Å². The number of benzene rings is 2. The lowest BCUT2D eigenvalue weighted by Gasteiger charge is -2.16. The van der Waals surface area contributed by atoms with Gasteiger partial charge in [-0.1, -0.05) is 36.4 Å². The van der Waals surface area contributed by atoms with E-state index in [1.165, 1.54) is 11.1 Å². The lowest BCUT2D eigenvalue weighted by Crippen LogP contribution is -2.14. The second-order valence-electron chi connectivity index (χ2n) is 4.45. The van der Waals surface area contributed by atoms with Crippen LogP contribution >= 0.6 is 0 Å². The molecule has 0 saturated heterocycles. The highest BCUT2D eigenvalue weighted by Crippen LogP contribution is 2.27. The van der Waals surface area contributed by atoms with Gasteiger partial charge in [-0.3, -0.25) is 0 Å². The molecule has 0 aromatic heterocycles. The molecule has 0 heterocycles. The van der Waals surface area contributed by atoms with Crippen LogP contribution in [-0.4, -0.2) is 0 Å². The molecule has 0 aliphatic rings. The van der Waals surface area contributed by atoms with Gasteiger partial charge in [0.1, 0.15) is 0 Å². The molecule has 2 heteroatoms. The van der Waals surface area contributed by atoms with Gasteiger partial charge in [-0.05, 0) is 42.2 Å². The Morgan fingerprint density at radius 2 is 1.53 bits per heavy atom. The molecular weight excluding hydrogens is 208 g/mol. The SMILES string of the molecule is Cc1cc(N)c(C(N)c2ccccc2)cc1C. The minimum absolute atomic E-state index is 0.157. The van der Waals surface area contributed by atoms with Crippen molar-refractivity contribution in [1.29, 1.82) is 0 Å². The molecule has 0 bridgehead atoms. The van der Waals surface area contributed by atoms with Crippen LogP contribution in [0.15, 0.2) is 42.5 Å². The van der Waals surface area contributed by atoms with Crippen molar-refractivity contribution in [2.45, 2.75) is 19.9 Å². The summed E-state index contributed by atoms with van der Waals surface area (Å²) in [5, 5.41) is 0. The van der Waals surface area contributed by atoms with Crippen molar-refractivity contribution in [3.63, 3.8) is 0 Å². The Kier molecular flexibility index (Phi) is 3.16. The van der Waals surface area contributed by atoms with E-state index in [4.69, 9.17) is 11.5 Å². The monoisotopic (exact) mass is 226 g/mol. The van der Waals surface area contributed by atoms with Gasteiger partial charge >= 0.3 is 0 Å². The number of anilines is 1. The zero-order valence-electron chi connectivity index (χ0n) is 10.3. The van der Waals surface area contributed by atoms with Crippen LogP contribution in [-0.2, 0) is 0 Å². The Morgan fingerprint density at radius 3 is 2.18 bits per heavy atom. The van der Waals surface area contributed by atoms with Crippen LogP contribution in [0.25, 0.3) is 0 Å². The fraction of sp³-hybridized carbons (Fsp3) is 0.200. The van der Waals surface area contributed by atoms with E-state index in [9.17, 15) is 0 Å². The number of hydrogen-bond donors (Lipinski definition) is 2. The molecule has 2 nitrogen and oxygen atoms in total. The van der Waals surface area contributed by atoms with Gasteiger partial charge in [-0.15, -0.1) is 0 Å². The summed E-state index contributed by atoms with van der Waals surface area (Å²) >= 11 is 0. The number of hydrogen-bond acceptors (Lipinski definition) is 2. The topological polar surface area (TPSA) is 52.0 Å². The number of rotatable bonds is 2. The normalized spacial score (nSPS) is 12.4. The highest BCUT2D eigenvalue weighted by atomic mass is 14.7. The van der Waals surface area contributed by atoms with E-state index < -0.39 is 0 Å². The molecule has 0 saturated carbocycles. The fourth-order valence-electron chi connectivity index (χ4n) is 1.97. The Bertz CT molecular complexity index is 518. The molecule has 88 valence electrons. The lowest BCUT2D eigenvalue weighted by molar-refractivity contribution is 0.872. The van der Waals surface area contributed by atoms with Crippen LogP contribution in [0.1, 0.15) is 28.3 Å². The summed E-state index contributed by atoms with van der Waals surface area (Å²) in [6.07, 6.45) is 0. The van der Waals surface area contributed by atoms with Gasteiger partial charge in [-0.25, -0.2) is 0 Å². The third-order valence-corrected chi connectivity index (χ3v) is 3.19. The first kappa shape index (κ1) is 11.7. The second-order valence-corrected chi connectivity index (χ2v) is 4.45. The Balaban J connectivity index is 2.44. The van der Waals surface area contributed by atoms with E-state index in [2.05, 4.69) is 19.9 Å². The van der Waals surface area contributed by atoms with Crippen LogP contribution < -0.4 is 11.5 Å². The fourth-order valence-corrected chi connectivity index (χ4v) is 1.97. The van der Waals surface area contributed by atoms with E-state index in [0.717, 1.165) is 16.8 Å². The molecule has 4 N–H and O–H groups in total. The van der Waals surface area contributed by atoms with Crippen LogP contribution in [0.5, 0.6) is 0 Å². The molecule has 17 heavy (non-hydrogen) atoms. The first-order chi connectivity index (χ1) is 8.09. The lowest BCUT2D eigenvalue weighted by atomic mass is 9.95. The van der Waals surface area contributed by atoms with Gasteiger partial charge in [0.05, 0.1) is 6.04 Å². The number of aryl methyl sites for hydroxylation is 2. The van der Waals surface area contributed by atoms with Crippen molar-refractivity contribution in [3.8, 4) is 0 Å². The third kappa shape index (κ3) is 2.32. The van der Waals surface area contributed by atoms with Crippen molar-refractivity contribution in [1.82, 2.24) is 0 Å². The Morgan fingerprint density at radius 1 is 0.941 bits per heavy atom. The zero-order chi connectivity index (χ0) is 12.4. The summed E-state index contributed by atoms with van der Waals surface area (Å²) in [6, 6.07) is 13.9. The van der Waals surface area contributed by atoms with Crippen molar-refractivity contribution < 1.29 is 0 Å². The van der Waals surface area contributed by atoms with Crippen molar-refractivity contribution in [3.05, 3.63) is 64.7 Å². The summed E-state index contributed by atoms with van der Waals surface area (Å²) < 4.78 is 0. The van der Waals surface area contributed by atoms with Crippen molar-refractivity contribution in [2.75, 3.05) is 5.73 Å². The van der Waals surface area contributed by atoms with Crippen molar-refractivity contribution in [2.24, 2.45) is 5.73 Å². The summed E-state index contributed by atoms with van der Waals surface area (Å²) in [5.74, 6) is 0. The van der Waals surface area contributed by atoms with E-state index in [1.54, 1.807) is 0 Å². The summed E-state index contributed by atoms with van der Waals surface area (Å²) in [5.41, 5.74) is 17.6. The molecule has 0 fully saturated rings. The number of nitrogens with two attached hydrogens (primary N) is 2. The molecule has 0 aliphatic heterocycles. The first-order valence-corrected chi connectivity index (χ1v) is 5.76. The third-order valence-electron chi connectivity index (χ3n) is 3.19. The minimum Gasteiger partial charge on any atom is -0.398 e. The molecule has 2 rings (SSSR count). The van der Waals surface area contributed by atoms with E-state index in [1.807, 2.05) is 36.4 Å². The summed E-state index contributed by atoms with van der Waals surface area (Å²) in [6.45, 7) is 4.14. The largest absolute Gasteiger partial charge is 0.398 e. The van der Waals surface area contributed by atoms with Gasteiger partial charge in [-0.2, -0.15) is 0 Å². The second kappa shape index (κ2) is 4.60. The first-order valence-electron chi connectivity index (χ1n) is 5.76. The maximum Gasteiger partial charge on any atom is 0.0572 e. The van der Waals surface area contributed by atoms with Gasteiger partial charge in [0.2, 0.25) is 0 Å². The average Bonchev–Trinajstić information content (AvgIpc) is 2.34. The molecule has 0 spiro atoms. The predicted molar refractivity (Wildman–Crippen MR) is 72.8 cm³/mol.